The predicted molar refractivity (Wildman–Crippen MR) is 93.7 cm³/mol. The number of benzene rings is 1. The number of hydrogen-bond acceptors (Lipinski definition) is 2. The van der Waals surface area contributed by atoms with Crippen LogP contribution in [-0.4, -0.2) is 18.6 Å². The van der Waals surface area contributed by atoms with E-state index >= 15 is 0 Å². The summed E-state index contributed by atoms with van der Waals surface area (Å²) in [5.41, 5.74) is 2.33. The second kappa shape index (κ2) is 5.65. The van der Waals surface area contributed by atoms with Crippen LogP contribution >= 0.6 is 0 Å². The Hall–Kier alpha value is -1.77. The molecule has 1 amide bonds. The van der Waals surface area contributed by atoms with Crippen molar-refractivity contribution in [3.8, 4) is 5.75 Å². The molecule has 3 nitrogen and oxygen atoms in total. The van der Waals surface area contributed by atoms with Crippen LogP contribution in [0, 0.1) is 23.7 Å². The molecular formula is C21H25NO2. The molecule has 4 bridgehead atoms. The lowest BCUT2D eigenvalue weighted by Crippen LogP contribution is -2.55. The lowest BCUT2D eigenvalue weighted by atomic mass is 9.54. The molecule has 1 aromatic rings. The van der Waals surface area contributed by atoms with Crippen molar-refractivity contribution in [2.24, 2.45) is 23.7 Å². The maximum absolute atomic E-state index is 12.4. The number of hydrogen-bond donors (Lipinski definition) is 1. The SMILES string of the molecule is O=C(/C=C/c1ccc2c(c1)CCO2)NC1C2CC3CC(C2)CC1C3. The highest BCUT2D eigenvalue weighted by atomic mass is 16.5. The topological polar surface area (TPSA) is 38.3 Å². The van der Waals surface area contributed by atoms with Crippen molar-refractivity contribution in [1.82, 2.24) is 5.32 Å². The third-order valence-electron chi connectivity index (χ3n) is 6.68. The minimum Gasteiger partial charge on any atom is -0.493 e. The molecule has 6 rings (SSSR count). The van der Waals surface area contributed by atoms with Crippen LogP contribution in [0.3, 0.4) is 0 Å². The largest absolute Gasteiger partial charge is 0.493 e. The van der Waals surface area contributed by atoms with Gasteiger partial charge in [0.1, 0.15) is 5.75 Å². The molecule has 5 aliphatic rings. The molecule has 4 aliphatic carbocycles. The molecule has 1 aliphatic heterocycles. The van der Waals surface area contributed by atoms with Gasteiger partial charge in [-0.1, -0.05) is 6.07 Å². The second-order valence-corrected chi connectivity index (χ2v) is 8.26. The van der Waals surface area contributed by atoms with Crippen molar-refractivity contribution >= 4 is 12.0 Å². The van der Waals surface area contributed by atoms with E-state index in [1.165, 1.54) is 37.7 Å². The Labute approximate surface area is 143 Å². The van der Waals surface area contributed by atoms with Crippen molar-refractivity contribution in [3.05, 3.63) is 35.4 Å². The van der Waals surface area contributed by atoms with Crippen molar-refractivity contribution < 1.29 is 9.53 Å². The molecule has 0 spiro atoms. The molecule has 0 unspecified atom stereocenters. The number of carbonyl (C=O) groups is 1. The molecule has 3 heteroatoms. The molecule has 0 saturated heterocycles. The third-order valence-corrected chi connectivity index (χ3v) is 6.68. The van der Waals surface area contributed by atoms with E-state index in [1.807, 2.05) is 18.2 Å². The zero-order valence-electron chi connectivity index (χ0n) is 14.0. The van der Waals surface area contributed by atoms with E-state index < -0.39 is 0 Å². The van der Waals surface area contributed by atoms with Gasteiger partial charge in [0.25, 0.3) is 0 Å². The third kappa shape index (κ3) is 2.54. The van der Waals surface area contributed by atoms with E-state index in [2.05, 4.69) is 11.4 Å². The molecule has 0 radical (unpaired) electrons. The Kier molecular flexibility index (Phi) is 3.43. The normalized spacial score (nSPS) is 35.9. The first-order valence-corrected chi connectivity index (χ1v) is 9.49. The van der Waals surface area contributed by atoms with E-state index in [9.17, 15) is 4.79 Å². The van der Waals surface area contributed by atoms with Crippen molar-refractivity contribution in [2.75, 3.05) is 6.61 Å². The zero-order valence-corrected chi connectivity index (χ0v) is 14.0. The van der Waals surface area contributed by atoms with Gasteiger partial charge in [-0.2, -0.15) is 0 Å². The fraction of sp³-hybridized carbons (Fsp3) is 0.571. The first-order valence-electron chi connectivity index (χ1n) is 9.49. The van der Waals surface area contributed by atoms with Crippen LogP contribution in [0.1, 0.15) is 43.2 Å². The van der Waals surface area contributed by atoms with Crippen molar-refractivity contribution in [2.45, 2.75) is 44.6 Å². The van der Waals surface area contributed by atoms with Gasteiger partial charge in [-0.3, -0.25) is 4.79 Å². The first-order chi connectivity index (χ1) is 11.7. The summed E-state index contributed by atoms with van der Waals surface area (Å²) in [6, 6.07) is 6.59. The fourth-order valence-corrected chi connectivity index (χ4v) is 5.86. The van der Waals surface area contributed by atoms with Crippen LogP contribution in [0.4, 0.5) is 0 Å². The molecule has 126 valence electrons. The average Bonchev–Trinajstić information content (AvgIpc) is 3.03. The number of amides is 1. The van der Waals surface area contributed by atoms with E-state index in [1.54, 1.807) is 6.08 Å². The molecule has 1 heterocycles. The van der Waals surface area contributed by atoms with E-state index in [0.29, 0.717) is 6.04 Å². The summed E-state index contributed by atoms with van der Waals surface area (Å²) >= 11 is 0. The average molecular weight is 323 g/mol. The zero-order chi connectivity index (χ0) is 16.1. The minimum atomic E-state index is 0.0734. The Balaban J connectivity index is 1.24. The quantitative estimate of drug-likeness (QED) is 0.864. The Morgan fingerprint density at radius 3 is 2.58 bits per heavy atom. The van der Waals surface area contributed by atoms with Crippen LogP contribution in [0.25, 0.3) is 6.08 Å². The van der Waals surface area contributed by atoms with Gasteiger partial charge in [0.05, 0.1) is 6.61 Å². The van der Waals surface area contributed by atoms with E-state index in [4.69, 9.17) is 4.74 Å². The van der Waals surface area contributed by atoms with Crippen molar-refractivity contribution in [3.63, 3.8) is 0 Å². The summed E-state index contributed by atoms with van der Waals surface area (Å²) < 4.78 is 5.53. The highest BCUT2D eigenvalue weighted by Gasteiger charge is 2.48. The monoisotopic (exact) mass is 323 g/mol. The van der Waals surface area contributed by atoms with Crippen LogP contribution in [0.2, 0.25) is 0 Å². The molecular weight excluding hydrogens is 298 g/mol. The Morgan fingerprint density at radius 2 is 1.83 bits per heavy atom. The Bertz CT molecular complexity index is 665. The van der Waals surface area contributed by atoms with Gasteiger partial charge >= 0.3 is 0 Å². The molecule has 24 heavy (non-hydrogen) atoms. The van der Waals surface area contributed by atoms with E-state index in [-0.39, 0.29) is 5.91 Å². The van der Waals surface area contributed by atoms with Crippen LogP contribution in [-0.2, 0) is 11.2 Å². The summed E-state index contributed by atoms with van der Waals surface area (Å²) in [6.07, 6.45) is 11.4. The minimum absolute atomic E-state index is 0.0734. The van der Waals surface area contributed by atoms with E-state index in [0.717, 1.165) is 48.0 Å². The highest BCUT2D eigenvalue weighted by Crippen LogP contribution is 2.53. The van der Waals surface area contributed by atoms with Gasteiger partial charge in [0.2, 0.25) is 5.91 Å². The van der Waals surface area contributed by atoms with Gasteiger partial charge < -0.3 is 10.1 Å². The van der Waals surface area contributed by atoms with Crippen LogP contribution in [0.15, 0.2) is 24.3 Å². The molecule has 0 aromatic heterocycles. The smallest absolute Gasteiger partial charge is 0.244 e. The van der Waals surface area contributed by atoms with Gasteiger partial charge in [-0.25, -0.2) is 0 Å². The maximum atomic E-state index is 12.4. The standard InChI is InChI=1S/C21H25NO2/c23-20(4-2-13-1-3-19-16(8-13)5-6-24-19)22-21-17-9-14-7-15(11-17)12-18(21)10-14/h1-4,8,14-15,17-18,21H,5-7,9-12H2,(H,22,23)/b4-2+. The lowest BCUT2D eigenvalue weighted by molar-refractivity contribution is -0.120. The molecule has 1 aromatic carbocycles. The van der Waals surface area contributed by atoms with Gasteiger partial charge in [-0.05, 0) is 85.1 Å². The summed E-state index contributed by atoms with van der Waals surface area (Å²) in [5.74, 6) is 4.43. The Morgan fingerprint density at radius 1 is 1.08 bits per heavy atom. The predicted octanol–water partition coefficient (Wildman–Crippen LogP) is 3.58. The summed E-state index contributed by atoms with van der Waals surface area (Å²) in [7, 11) is 0. The van der Waals surface area contributed by atoms with Gasteiger partial charge in [0, 0.05) is 18.5 Å². The number of fused-ring (bicyclic) bond motifs is 1. The van der Waals surface area contributed by atoms with Crippen LogP contribution < -0.4 is 10.1 Å². The van der Waals surface area contributed by atoms with Crippen molar-refractivity contribution in [1.29, 1.82) is 0 Å². The second-order valence-electron chi connectivity index (χ2n) is 8.26. The molecule has 4 fully saturated rings. The summed E-state index contributed by atoms with van der Waals surface area (Å²) in [4.78, 5) is 12.4. The number of carbonyl (C=O) groups excluding carboxylic acids is 1. The fourth-order valence-electron chi connectivity index (χ4n) is 5.86. The number of ether oxygens (including phenoxy) is 1. The summed E-state index contributed by atoms with van der Waals surface area (Å²) in [5, 5.41) is 3.33. The van der Waals surface area contributed by atoms with Gasteiger partial charge in [0.15, 0.2) is 0 Å². The highest BCUT2D eigenvalue weighted by molar-refractivity contribution is 5.92. The molecule has 1 N–H and O–H groups in total. The summed E-state index contributed by atoms with van der Waals surface area (Å²) in [6.45, 7) is 0.773. The maximum Gasteiger partial charge on any atom is 0.244 e. The molecule has 0 atom stereocenters. The lowest BCUT2D eigenvalue weighted by Gasteiger charge is -2.54. The van der Waals surface area contributed by atoms with Gasteiger partial charge in [-0.15, -0.1) is 0 Å². The van der Waals surface area contributed by atoms with Crippen LogP contribution in [0.5, 0.6) is 5.75 Å². The molecule has 4 saturated carbocycles. The number of nitrogens with one attached hydrogen (secondary N) is 1. The number of rotatable bonds is 3. The first kappa shape index (κ1) is 14.6.